The van der Waals surface area contributed by atoms with Gasteiger partial charge in [0.1, 0.15) is 0 Å². The molecule has 1 aliphatic rings. The van der Waals surface area contributed by atoms with Gasteiger partial charge in [-0.25, -0.2) is 0 Å². The molecule has 0 atom stereocenters. The molecule has 0 N–H and O–H groups in total. The summed E-state index contributed by atoms with van der Waals surface area (Å²) in [5, 5.41) is 0. The second-order valence-corrected chi connectivity index (χ2v) is 3.39. The Kier molecular flexibility index (Phi) is 2.16. The maximum atomic E-state index is 5.30. The van der Waals surface area contributed by atoms with E-state index >= 15 is 0 Å². The smallest absolute Gasteiger partial charge is 0.407 e. The molecule has 0 radical (unpaired) electrons. The van der Waals surface area contributed by atoms with Gasteiger partial charge in [-0.1, -0.05) is 19.8 Å². The van der Waals surface area contributed by atoms with E-state index in [0.29, 0.717) is 0 Å². The lowest BCUT2D eigenvalue weighted by Crippen LogP contribution is -2.39. The highest BCUT2D eigenvalue weighted by Gasteiger charge is 2.29. The minimum atomic E-state index is -0.187. The summed E-state index contributed by atoms with van der Waals surface area (Å²) in [5.41, 5.74) is 0.166. The zero-order valence-corrected chi connectivity index (χ0v) is 6.59. The average Bonchev–Trinajstić information content (AvgIpc) is 1.88. The molecule has 0 aromatic carbocycles. The Bertz CT molecular complexity index is 124. The first-order chi connectivity index (χ1) is 4.64. The Morgan fingerprint density at radius 2 is 1.90 bits per heavy atom. The molecule has 0 aromatic heterocycles. The van der Waals surface area contributed by atoms with Gasteiger partial charge in [-0.05, 0) is 0 Å². The molecule has 0 saturated carbocycles. The quantitative estimate of drug-likeness (QED) is 0.510. The van der Waals surface area contributed by atoms with Crippen LogP contribution in [-0.2, 0) is 9.31 Å². The van der Waals surface area contributed by atoms with E-state index in [0.717, 1.165) is 13.2 Å². The van der Waals surface area contributed by atoms with Crippen molar-refractivity contribution in [1.29, 1.82) is 0 Å². The van der Waals surface area contributed by atoms with Gasteiger partial charge in [0, 0.05) is 18.6 Å². The van der Waals surface area contributed by atoms with Crippen LogP contribution in [0.25, 0.3) is 0 Å². The molecule has 3 heteroatoms. The Labute approximate surface area is 62.4 Å². The first-order valence-electron chi connectivity index (χ1n) is 3.50. The summed E-state index contributed by atoms with van der Waals surface area (Å²) in [6.07, 6.45) is 0. The van der Waals surface area contributed by atoms with Crippen LogP contribution in [-0.4, -0.2) is 20.3 Å². The second-order valence-electron chi connectivity index (χ2n) is 3.39. The Hall–Kier alpha value is -0.275. The summed E-state index contributed by atoms with van der Waals surface area (Å²) in [7, 11) is -0.187. The molecule has 1 heterocycles. The van der Waals surface area contributed by atoms with Crippen LogP contribution in [0, 0.1) is 5.41 Å². The predicted octanol–water partition coefficient (Wildman–Crippen LogP) is 1.27. The van der Waals surface area contributed by atoms with Gasteiger partial charge >= 0.3 is 7.12 Å². The molecule has 2 nitrogen and oxygen atoms in total. The van der Waals surface area contributed by atoms with Crippen LogP contribution in [0.15, 0.2) is 12.6 Å². The molecule has 0 unspecified atom stereocenters. The van der Waals surface area contributed by atoms with Gasteiger partial charge in [-0.2, -0.15) is 0 Å². The molecule has 0 amide bonds. The van der Waals surface area contributed by atoms with E-state index in [9.17, 15) is 0 Å². The summed E-state index contributed by atoms with van der Waals surface area (Å²) in [4.78, 5) is 0. The summed E-state index contributed by atoms with van der Waals surface area (Å²) in [5.74, 6) is 1.68. The summed E-state index contributed by atoms with van der Waals surface area (Å²) in [6, 6.07) is 0. The van der Waals surface area contributed by atoms with Crippen molar-refractivity contribution in [3.63, 3.8) is 0 Å². The summed E-state index contributed by atoms with van der Waals surface area (Å²) in [6.45, 7) is 9.32. The standard InChI is InChI=1S/C7H13BO2/c1-4-8-9-5-7(2,3)6-10-8/h4H,1,5-6H2,2-3H3. The topological polar surface area (TPSA) is 18.5 Å². The van der Waals surface area contributed by atoms with Gasteiger partial charge in [0.2, 0.25) is 0 Å². The van der Waals surface area contributed by atoms with Gasteiger partial charge in [0.05, 0.1) is 0 Å². The molecule has 56 valence electrons. The third kappa shape index (κ3) is 1.85. The third-order valence-electron chi connectivity index (χ3n) is 1.47. The van der Waals surface area contributed by atoms with E-state index in [1.807, 2.05) is 0 Å². The van der Waals surface area contributed by atoms with Crippen LogP contribution in [0.4, 0.5) is 0 Å². The van der Waals surface area contributed by atoms with E-state index in [-0.39, 0.29) is 12.5 Å². The first-order valence-corrected chi connectivity index (χ1v) is 3.50. The minimum Gasteiger partial charge on any atom is -0.407 e. The molecule has 1 fully saturated rings. The van der Waals surface area contributed by atoms with E-state index in [2.05, 4.69) is 20.4 Å². The van der Waals surface area contributed by atoms with Crippen molar-refractivity contribution in [3.8, 4) is 0 Å². The predicted molar refractivity (Wildman–Crippen MR) is 41.6 cm³/mol. The van der Waals surface area contributed by atoms with Crippen molar-refractivity contribution in [3.05, 3.63) is 12.6 Å². The lowest BCUT2D eigenvalue weighted by molar-refractivity contribution is 0.0336. The Balaban J connectivity index is 2.38. The van der Waals surface area contributed by atoms with E-state index in [4.69, 9.17) is 9.31 Å². The van der Waals surface area contributed by atoms with Gasteiger partial charge in [0.25, 0.3) is 0 Å². The molecule has 0 aromatic rings. The fraction of sp³-hybridized carbons (Fsp3) is 0.714. The fourth-order valence-corrected chi connectivity index (χ4v) is 0.841. The normalized spacial score (nSPS) is 24.4. The van der Waals surface area contributed by atoms with Gasteiger partial charge in [0.15, 0.2) is 0 Å². The zero-order valence-electron chi connectivity index (χ0n) is 6.59. The van der Waals surface area contributed by atoms with Gasteiger partial charge < -0.3 is 9.31 Å². The highest BCUT2D eigenvalue weighted by molar-refractivity contribution is 6.50. The fourth-order valence-electron chi connectivity index (χ4n) is 0.841. The van der Waals surface area contributed by atoms with Crippen molar-refractivity contribution >= 4 is 7.12 Å². The lowest BCUT2D eigenvalue weighted by atomic mass is 9.84. The van der Waals surface area contributed by atoms with Crippen LogP contribution in [0.5, 0.6) is 0 Å². The molecule has 1 rings (SSSR count). The largest absolute Gasteiger partial charge is 0.485 e. The lowest BCUT2D eigenvalue weighted by Gasteiger charge is -2.31. The first kappa shape index (κ1) is 7.83. The molecule has 1 aliphatic heterocycles. The number of hydrogen-bond donors (Lipinski definition) is 0. The van der Waals surface area contributed by atoms with Gasteiger partial charge in [-0.15, -0.1) is 6.58 Å². The summed E-state index contributed by atoms with van der Waals surface area (Å²) < 4.78 is 10.6. The molecule has 0 aliphatic carbocycles. The Morgan fingerprint density at radius 3 is 2.30 bits per heavy atom. The molecule has 10 heavy (non-hydrogen) atoms. The van der Waals surface area contributed by atoms with Crippen molar-refractivity contribution in [2.24, 2.45) is 5.41 Å². The Morgan fingerprint density at radius 1 is 1.40 bits per heavy atom. The van der Waals surface area contributed by atoms with Crippen LogP contribution in [0.3, 0.4) is 0 Å². The highest BCUT2D eigenvalue weighted by atomic mass is 16.6. The maximum Gasteiger partial charge on any atom is 0.485 e. The van der Waals surface area contributed by atoms with Crippen molar-refractivity contribution in [2.75, 3.05) is 13.2 Å². The van der Waals surface area contributed by atoms with Gasteiger partial charge in [-0.3, -0.25) is 0 Å². The number of rotatable bonds is 1. The van der Waals surface area contributed by atoms with Crippen LogP contribution in [0.2, 0.25) is 0 Å². The number of hydrogen-bond acceptors (Lipinski definition) is 2. The van der Waals surface area contributed by atoms with E-state index in [1.165, 1.54) is 0 Å². The molecule has 1 saturated heterocycles. The van der Waals surface area contributed by atoms with Crippen LogP contribution in [0.1, 0.15) is 13.8 Å². The van der Waals surface area contributed by atoms with Crippen LogP contribution >= 0.6 is 0 Å². The summed E-state index contributed by atoms with van der Waals surface area (Å²) >= 11 is 0. The van der Waals surface area contributed by atoms with Crippen molar-refractivity contribution in [2.45, 2.75) is 13.8 Å². The van der Waals surface area contributed by atoms with Crippen LogP contribution < -0.4 is 0 Å². The monoisotopic (exact) mass is 140 g/mol. The highest BCUT2D eigenvalue weighted by Crippen LogP contribution is 2.21. The van der Waals surface area contributed by atoms with Crippen molar-refractivity contribution in [1.82, 2.24) is 0 Å². The molecular weight excluding hydrogens is 127 g/mol. The molecule has 0 bridgehead atoms. The molecule has 0 spiro atoms. The SMILES string of the molecule is C=CB1OCC(C)(C)CO1. The zero-order chi connectivity index (χ0) is 7.61. The minimum absolute atomic E-state index is 0.166. The second kappa shape index (κ2) is 2.76. The van der Waals surface area contributed by atoms with Crippen molar-refractivity contribution < 1.29 is 9.31 Å². The average molecular weight is 140 g/mol. The molecular formula is C7H13BO2. The van der Waals surface area contributed by atoms with E-state index in [1.54, 1.807) is 5.98 Å². The van der Waals surface area contributed by atoms with E-state index < -0.39 is 0 Å². The third-order valence-corrected chi connectivity index (χ3v) is 1.47. The maximum absolute atomic E-state index is 5.30.